The minimum Gasteiger partial charge on any atom is -0.378 e. The molecule has 1 N–H and O–H groups in total. The van der Waals surface area contributed by atoms with E-state index in [0.717, 1.165) is 49.5 Å². The maximum Gasteiger partial charge on any atom is 0.127 e. The first-order chi connectivity index (χ1) is 14.4. The van der Waals surface area contributed by atoms with Crippen LogP contribution in [0.1, 0.15) is 64.7 Å². The molecule has 8 atom stereocenters. The molecule has 5 rings (SSSR count). The topological polar surface area (TPSA) is 50.9 Å². The molecule has 0 radical (unpaired) electrons. The van der Waals surface area contributed by atoms with E-state index < -0.39 is 5.60 Å². The quantitative estimate of drug-likeness (QED) is 0.543. The first-order valence-corrected chi connectivity index (χ1v) is 12.2. The summed E-state index contributed by atoms with van der Waals surface area (Å²) in [4.78, 5) is 1.78. The molecule has 4 aliphatic rings. The van der Waals surface area contributed by atoms with Crippen molar-refractivity contribution in [3.63, 3.8) is 0 Å². The molecule has 1 aromatic rings. The lowest BCUT2D eigenvalue weighted by Gasteiger charge is -2.57. The lowest BCUT2D eigenvalue weighted by Crippen LogP contribution is -2.50. The normalized spacial score (nSPS) is 44.9. The summed E-state index contributed by atoms with van der Waals surface area (Å²) in [6.45, 7) is 7.80. The third-order valence-electron chi connectivity index (χ3n) is 9.59. The zero-order chi connectivity index (χ0) is 20.9. The van der Waals surface area contributed by atoms with Crippen molar-refractivity contribution in [3.05, 3.63) is 24.5 Å². The highest BCUT2D eigenvalue weighted by Crippen LogP contribution is 2.65. The van der Waals surface area contributed by atoms with Gasteiger partial charge in [-0.25, -0.2) is 0 Å². The van der Waals surface area contributed by atoms with Gasteiger partial charge in [-0.3, -0.25) is 0 Å². The van der Waals surface area contributed by atoms with Crippen molar-refractivity contribution in [2.45, 2.75) is 76.9 Å². The highest BCUT2D eigenvalue weighted by molar-refractivity contribution is 6.30. The molecule has 0 aromatic carbocycles. The van der Waals surface area contributed by atoms with Crippen molar-refractivity contribution in [1.29, 1.82) is 0 Å². The summed E-state index contributed by atoms with van der Waals surface area (Å²) in [5, 5.41) is 21.9. The Morgan fingerprint density at radius 3 is 2.63 bits per heavy atom. The van der Waals surface area contributed by atoms with E-state index in [2.05, 4.69) is 35.0 Å². The number of aromatic nitrogens is 3. The molecule has 0 amide bonds. The molecule has 0 spiro atoms. The van der Waals surface area contributed by atoms with Gasteiger partial charge in [0, 0.05) is 5.38 Å². The average Bonchev–Trinajstić information content (AvgIpc) is 3.34. The molecule has 30 heavy (non-hydrogen) atoms. The summed E-state index contributed by atoms with van der Waals surface area (Å²) in [7, 11) is 0. The van der Waals surface area contributed by atoms with E-state index in [0.29, 0.717) is 17.3 Å². The van der Waals surface area contributed by atoms with Gasteiger partial charge in [0.05, 0.1) is 18.9 Å². The van der Waals surface area contributed by atoms with Gasteiger partial charge in [-0.2, -0.15) is 15.0 Å². The highest BCUT2D eigenvalue weighted by Gasteiger charge is 2.58. The van der Waals surface area contributed by atoms with Crippen LogP contribution in [0, 0.1) is 52.2 Å². The number of hydrogen-bond donors (Lipinski definition) is 1. The smallest absolute Gasteiger partial charge is 0.127 e. The predicted octanol–water partition coefficient (Wildman–Crippen LogP) is 5.03. The van der Waals surface area contributed by atoms with Crippen molar-refractivity contribution in [1.82, 2.24) is 15.0 Å². The molecule has 162 valence electrons. The van der Waals surface area contributed by atoms with Gasteiger partial charge in [0.15, 0.2) is 0 Å². The minimum absolute atomic E-state index is 0.373. The zero-order valence-corrected chi connectivity index (χ0v) is 18.8. The van der Waals surface area contributed by atoms with Gasteiger partial charge in [0.2, 0.25) is 0 Å². The minimum atomic E-state index is -0.852. The molecule has 1 aromatic heterocycles. The second-order valence-corrected chi connectivity index (χ2v) is 11.0. The number of fused-ring (bicyclic) bond motifs is 5. The Morgan fingerprint density at radius 1 is 1.10 bits per heavy atom. The number of nitrogens with zero attached hydrogens (tertiary/aromatic N) is 3. The van der Waals surface area contributed by atoms with Crippen LogP contribution in [0.25, 0.3) is 0 Å². The van der Waals surface area contributed by atoms with Crippen molar-refractivity contribution in [2.24, 2.45) is 40.9 Å². The molecule has 5 heteroatoms. The monoisotopic (exact) mass is 427 g/mol. The van der Waals surface area contributed by atoms with Crippen LogP contribution in [-0.4, -0.2) is 25.7 Å². The summed E-state index contributed by atoms with van der Waals surface area (Å²) in [6.07, 6.45) is 14.0. The highest BCUT2D eigenvalue weighted by atomic mass is 35.5. The lowest BCUT2D eigenvalue weighted by molar-refractivity contribution is -0.0874. The molecule has 4 fully saturated rings. The van der Waals surface area contributed by atoms with Crippen molar-refractivity contribution in [2.75, 3.05) is 0 Å². The molecule has 0 saturated heterocycles. The van der Waals surface area contributed by atoms with Crippen LogP contribution in [0.4, 0.5) is 0 Å². The number of halogens is 1. The van der Waals surface area contributed by atoms with Crippen LogP contribution in [0.2, 0.25) is 0 Å². The first kappa shape index (κ1) is 20.6. The van der Waals surface area contributed by atoms with E-state index in [4.69, 9.17) is 11.6 Å². The molecule has 4 saturated carbocycles. The van der Waals surface area contributed by atoms with E-state index in [1.54, 1.807) is 17.2 Å². The Bertz CT molecular complexity index is 857. The summed E-state index contributed by atoms with van der Waals surface area (Å²) < 4.78 is 0. The molecule has 4 aliphatic carbocycles. The molecular formula is C25H34ClN3O. The molecule has 0 aliphatic heterocycles. The Kier molecular flexibility index (Phi) is 5.27. The maximum absolute atomic E-state index is 10.8. The number of rotatable bonds is 3. The summed E-state index contributed by atoms with van der Waals surface area (Å²) >= 11 is 5.63. The van der Waals surface area contributed by atoms with Gasteiger partial charge >= 0.3 is 0 Å². The fourth-order valence-electron chi connectivity index (χ4n) is 8.37. The summed E-state index contributed by atoms with van der Waals surface area (Å²) in [6, 6.07) is 0. The largest absolute Gasteiger partial charge is 0.378 e. The lowest BCUT2D eigenvalue weighted by atomic mass is 9.48. The van der Waals surface area contributed by atoms with Crippen LogP contribution >= 0.6 is 11.6 Å². The average molecular weight is 428 g/mol. The van der Waals surface area contributed by atoms with Gasteiger partial charge in [-0.15, -0.1) is 0 Å². The number of aliphatic hydroxyl groups is 1. The van der Waals surface area contributed by atoms with Gasteiger partial charge < -0.3 is 5.11 Å². The fraction of sp³-hybridized carbons (Fsp3) is 0.760. The third kappa shape index (κ3) is 3.33. The van der Waals surface area contributed by atoms with Gasteiger partial charge in [-0.1, -0.05) is 25.0 Å². The van der Waals surface area contributed by atoms with Crippen molar-refractivity contribution < 1.29 is 5.11 Å². The predicted molar refractivity (Wildman–Crippen MR) is 118 cm³/mol. The molecule has 4 nitrogen and oxygen atoms in total. The van der Waals surface area contributed by atoms with Gasteiger partial charge in [-0.05, 0) is 110 Å². The van der Waals surface area contributed by atoms with E-state index in [1.165, 1.54) is 44.1 Å². The van der Waals surface area contributed by atoms with E-state index >= 15 is 0 Å². The van der Waals surface area contributed by atoms with Crippen LogP contribution in [0.3, 0.4) is 0 Å². The van der Waals surface area contributed by atoms with Crippen LogP contribution in [0.5, 0.6) is 0 Å². The number of allylic oxidation sites excluding steroid dienone is 1. The van der Waals surface area contributed by atoms with Crippen LogP contribution in [0.15, 0.2) is 24.5 Å². The number of hydrogen-bond acceptors (Lipinski definition) is 3. The van der Waals surface area contributed by atoms with Crippen LogP contribution in [-0.2, 0) is 6.54 Å². The van der Waals surface area contributed by atoms with Crippen molar-refractivity contribution in [3.8, 4) is 11.3 Å². The van der Waals surface area contributed by atoms with Crippen LogP contribution < -0.4 is 0 Å². The standard InChI is InChI=1S/C25H34ClN3O/c1-17(16-29-27-13-14-28-29)22-5-6-23-21-4-3-18-15-25(30,11-12-26)10-8-19(18)20(21)7-9-24(22,23)2/h13-14,18-23,30H,1,3-10,15-16H2,2H3/t18-,19-,20+,21+,22+,23-,24+,25+/m0/s1. The van der Waals surface area contributed by atoms with E-state index in [9.17, 15) is 5.11 Å². The van der Waals surface area contributed by atoms with E-state index in [1.807, 2.05) is 0 Å². The Labute approximate surface area is 185 Å². The molecule has 0 unspecified atom stereocenters. The molecule has 1 heterocycles. The Morgan fingerprint density at radius 2 is 1.87 bits per heavy atom. The second kappa shape index (κ2) is 7.68. The van der Waals surface area contributed by atoms with Gasteiger partial charge in [0.1, 0.15) is 5.60 Å². The Balaban J connectivity index is 1.31. The Hall–Kier alpha value is -1.31. The maximum atomic E-state index is 10.8. The summed E-state index contributed by atoms with van der Waals surface area (Å²) in [5.41, 5.74) is 0.832. The summed E-state index contributed by atoms with van der Waals surface area (Å²) in [5.74, 6) is 7.35. The van der Waals surface area contributed by atoms with E-state index in [-0.39, 0.29) is 0 Å². The first-order valence-electron chi connectivity index (χ1n) is 11.8. The molecule has 0 bridgehead atoms. The fourth-order valence-corrected chi connectivity index (χ4v) is 8.54. The van der Waals surface area contributed by atoms with Gasteiger partial charge in [0.25, 0.3) is 0 Å². The second-order valence-electron chi connectivity index (χ2n) is 10.8. The SMILES string of the molecule is C=C(Cn1nccn1)[C@H]1CC[C@H]2[C@@H]3CC[C@H]4C[C@](O)(C#CCl)CC[C@@H]4[C@H]3CC[C@]12C. The third-order valence-corrected chi connectivity index (χ3v) is 9.69. The zero-order valence-electron chi connectivity index (χ0n) is 18.1. The van der Waals surface area contributed by atoms with Crippen molar-refractivity contribution >= 4 is 11.6 Å². The molecular weight excluding hydrogens is 394 g/mol.